The zero-order valence-electron chi connectivity index (χ0n) is 10.9. The number of aromatic nitrogens is 1. The highest BCUT2D eigenvalue weighted by molar-refractivity contribution is 4.96. The zero-order chi connectivity index (χ0) is 12.1. The Hall–Kier alpha value is -0.870. The van der Waals surface area contributed by atoms with Crippen LogP contribution in [0, 0.1) is 0 Å². The van der Waals surface area contributed by atoms with Crippen LogP contribution in [0.5, 0.6) is 0 Å². The van der Waals surface area contributed by atoms with E-state index >= 15 is 0 Å². The Morgan fingerprint density at radius 3 is 3.12 bits per heavy atom. The fourth-order valence-corrected chi connectivity index (χ4v) is 2.52. The maximum Gasteiger partial charge on any atom is 0.124 e. The molecule has 0 saturated carbocycles. The Labute approximate surface area is 103 Å². The second-order valence-electron chi connectivity index (χ2n) is 4.99. The summed E-state index contributed by atoms with van der Waals surface area (Å²) < 4.78 is 4.88. The standard InChI is InChI=1S/C13H23N3O/c1-3-6-14-12-4-7-16(11(2)9-12)10-13-5-8-17-15-13/h5,8,11-12,14H,3-4,6-7,9-10H2,1-2H3. The highest BCUT2D eigenvalue weighted by atomic mass is 16.5. The van der Waals surface area contributed by atoms with Crippen LogP contribution in [0.2, 0.25) is 0 Å². The van der Waals surface area contributed by atoms with Gasteiger partial charge in [-0.1, -0.05) is 12.1 Å². The minimum atomic E-state index is 0.620. The average Bonchev–Trinajstić information content (AvgIpc) is 2.82. The molecule has 1 saturated heterocycles. The van der Waals surface area contributed by atoms with Crippen LogP contribution in [-0.4, -0.2) is 35.2 Å². The van der Waals surface area contributed by atoms with Gasteiger partial charge in [-0.25, -0.2) is 0 Å². The van der Waals surface area contributed by atoms with Crippen molar-refractivity contribution in [2.24, 2.45) is 0 Å². The molecule has 0 amide bonds. The van der Waals surface area contributed by atoms with Gasteiger partial charge in [-0.15, -0.1) is 0 Å². The molecule has 1 aliphatic heterocycles. The van der Waals surface area contributed by atoms with Crippen LogP contribution in [-0.2, 0) is 6.54 Å². The lowest BCUT2D eigenvalue weighted by Crippen LogP contribution is -2.47. The van der Waals surface area contributed by atoms with Crippen LogP contribution in [0.25, 0.3) is 0 Å². The highest BCUT2D eigenvalue weighted by Crippen LogP contribution is 2.19. The first-order chi connectivity index (χ1) is 8.29. The molecule has 0 bridgehead atoms. The van der Waals surface area contributed by atoms with Crippen molar-refractivity contribution in [1.82, 2.24) is 15.4 Å². The molecule has 2 unspecified atom stereocenters. The third-order valence-corrected chi connectivity index (χ3v) is 3.55. The summed E-state index contributed by atoms with van der Waals surface area (Å²) in [5.74, 6) is 0. The Morgan fingerprint density at radius 2 is 2.47 bits per heavy atom. The van der Waals surface area contributed by atoms with E-state index in [9.17, 15) is 0 Å². The summed E-state index contributed by atoms with van der Waals surface area (Å²) >= 11 is 0. The maximum atomic E-state index is 4.88. The topological polar surface area (TPSA) is 41.3 Å². The van der Waals surface area contributed by atoms with Gasteiger partial charge in [-0.3, -0.25) is 4.90 Å². The van der Waals surface area contributed by atoms with E-state index in [2.05, 4.69) is 29.2 Å². The summed E-state index contributed by atoms with van der Waals surface area (Å²) in [5, 5.41) is 7.60. The smallest absolute Gasteiger partial charge is 0.124 e. The molecule has 2 rings (SSSR count). The minimum Gasteiger partial charge on any atom is -0.364 e. The first-order valence-corrected chi connectivity index (χ1v) is 6.66. The largest absolute Gasteiger partial charge is 0.364 e. The summed E-state index contributed by atoms with van der Waals surface area (Å²) in [7, 11) is 0. The molecule has 0 radical (unpaired) electrons. The number of nitrogens with zero attached hydrogens (tertiary/aromatic N) is 2. The Morgan fingerprint density at radius 1 is 1.59 bits per heavy atom. The van der Waals surface area contributed by atoms with Gasteiger partial charge >= 0.3 is 0 Å². The lowest BCUT2D eigenvalue weighted by molar-refractivity contribution is 0.126. The van der Waals surface area contributed by atoms with Crippen molar-refractivity contribution >= 4 is 0 Å². The van der Waals surface area contributed by atoms with Gasteiger partial charge < -0.3 is 9.84 Å². The van der Waals surface area contributed by atoms with Crippen molar-refractivity contribution in [2.45, 2.75) is 51.7 Å². The van der Waals surface area contributed by atoms with Gasteiger partial charge in [-0.2, -0.15) is 0 Å². The minimum absolute atomic E-state index is 0.620. The van der Waals surface area contributed by atoms with Crippen molar-refractivity contribution in [3.63, 3.8) is 0 Å². The van der Waals surface area contributed by atoms with Gasteiger partial charge in [0.2, 0.25) is 0 Å². The van der Waals surface area contributed by atoms with Gasteiger partial charge in [0.25, 0.3) is 0 Å². The van der Waals surface area contributed by atoms with Crippen LogP contribution in [0.1, 0.15) is 38.8 Å². The lowest BCUT2D eigenvalue weighted by atomic mass is 9.98. The van der Waals surface area contributed by atoms with Gasteiger partial charge in [0, 0.05) is 31.2 Å². The van der Waals surface area contributed by atoms with Gasteiger partial charge in [0.1, 0.15) is 6.26 Å². The molecule has 0 spiro atoms. The van der Waals surface area contributed by atoms with Crippen LogP contribution in [0.4, 0.5) is 0 Å². The van der Waals surface area contributed by atoms with E-state index in [0.717, 1.165) is 25.3 Å². The summed E-state index contributed by atoms with van der Waals surface area (Å²) in [5.41, 5.74) is 1.04. The molecule has 1 aliphatic rings. The van der Waals surface area contributed by atoms with Crippen LogP contribution < -0.4 is 5.32 Å². The van der Waals surface area contributed by atoms with E-state index in [1.807, 2.05) is 6.07 Å². The zero-order valence-corrected chi connectivity index (χ0v) is 10.9. The van der Waals surface area contributed by atoms with E-state index in [0.29, 0.717) is 12.1 Å². The molecule has 17 heavy (non-hydrogen) atoms. The Bertz CT molecular complexity index is 312. The summed E-state index contributed by atoms with van der Waals surface area (Å²) in [6, 6.07) is 3.27. The molecule has 1 aromatic rings. The van der Waals surface area contributed by atoms with Crippen molar-refractivity contribution in [2.75, 3.05) is 13.1 Å². The van der Waals surface area contributed by atoms with E-state index < -0.39 is 0 Å². The van der Waals surface area contributed by atoms with Gasteiger partial charge in [0.15, 0.2) is 0 Å². The molecule has 4 nitrogen and oxygen atoms in total. The highest BCUT2D eigenvalue weighted by Gasteiger charge is 2.25. The molecule has 0 aromatic carbocycles. The number of hydrogen-bond donors (Lipinski definition) is 1. The van der Waals surface area contributed by atoms with E-state index in [4.69, 9.17) is 4.52 Å². The van der Waals surface area contributed by atoms with Gasteiger partial charge in [-0.05, 0) is 32.7 Å². The molecule has 2 heterocycles. The average molecular weight is 237 g/mol. The lowest BCUT2D eigenvalue weighted by Gasteiger charge is -2.37. The van der Waals surface area contributed by atoms with E-state index in [-0.39, 0.29) is 0 Å². The van der Waals surface area contributed by atoms with Crippen molar-refractivity contribution in [3.05, 3.63) is 18.0 Å². The van der Waals surface area contributed by atoms with Gasteiger partial charge in [0.05, 0.1) is 5.69 Å². The molecule has 96 valence electrons. The monoisotopic (exact) mass is 237 g/mol. The number of piperidine rings is 1. The normalized spacial score (nSPS) is 26.2. The molecule has 4 heteroatoms. The second-order valence-corrected chi connectivity index (χ2v) is 4.99. The SMILES string of the molecule is CCCNC1CCN(Cc2ccon2)C(C)C1. The maximum absolute atomic E-state index is 4.88. The number of hydrogen-bond acceptors (Lipinski definition) is 4. The first kappa shape index (κ1) is 12.6. The molecular weight excluding hydrogens is 214 g/mol. The Kier molecular flexibility index (Phi) is 4.57. The molecule has 2 atom stereocenters. The fraction of sp³-hybridized carbons (Fsp3) is 0.769. The quantitative estimate of drug-likeness (QED) is 0.850. The van der Waals surface area contributed by atoms with Crippen LogP contribution >= 0.6 is 0 Å². The van der Waals surface area contributed by atoms with Crippen molar-refractivity contribution in [3.8, 4) is 0 Å². The molecule has 1 fully saturated rings. The van der Waals surface area contributed by atoms with E-state index in [1.165, 1.54) is 19.3 Å². The predicted octanol–water partition coefficient (Wildman–Crippen LogP) is 2.03. The number of rotatable bonds is 5. The molecular formula is C13H23N3O. The molecule has 1 aromatic heterocycles. The predicted molar refractivity (Wildman–Crippen MR) is 67.7 cm³/mol. The summed E-state index contributed by atoms with van der Waals surface area (Å²) in [4.78, 5) is 2.49. The van der Waals surface area contributed by atoms with Crippen LogP contribution in [0.15, 0.2) is 16.9 Å². The third-order valence-electron chi connectivity index (χ3n) is 3.55. The molecule has 1 N–H and O–H groups in total. The number of nitrogens with one attached hydrogen (secondary N) is 1. The first-order valence-electron chi connectivity index (χ1n) is 6.66. The summed E-state index contributed by atoms with van der Waals surface area (Å²) in [6.45, 7) is 7.73. The van der Waals surface area contributed by atoms with Crippen molar-refractivity contribution in [1.29, 1.82) is 0 Å². The second kappa shape index (κ2) is 6.17. The Balaban J connectivity index is 1.79. The van der Waals surface area contributed by atoms with E-state index in [1.54, 1.807) is 6.26 Å². The summed E-state index contributed by atoms with van der Waals surface area (Å²) in [6.07, 6.45) is 5.34. The fourth-order valence-electron chi connectivity index (χ4n) is 2.52. The van der Waals surface area contributed by atoms with Crippen molar-refractivity contribution < 1.29 is 4.52 Å². The third kappa shape index (κ3) is 3.54. The molecule has 0 aliphatic carbocycles. The van der Waals surface area contributed by atoms with Crippen LogP contribution in [0.3, 0.4) is 0 Å². The number of likely N-dealkylation sites (tertiary alicyclic amines) is 1.